The molecule has 39 heavy (non-hydrogen) atoms. The predicted molar refractivity (Wildman–Crippen MR) is 145 cm³/mol. The molecule has 2 aromatic carbocycles. The summed E-state index contributed by atoms with van der Waals surface area (Å²) in [5, 5.41) is 3.93. The van der Waals surface area contributed by atoms with E-state index in [0.29, 0.717) is 11.3 Å². The van der Waals surface area contributed by atoms with Gasteiger partial charge < -0.3 is 19.5 Å². The van der Waals surface area contributed by atoms with Crippen molar-refractivity contribution in [3.63, 3.8) is 0 Å². The Kier molecular flexibility index (Phi) is 6.68. The Bertz CT molecular complexity index is 1560. The van der Waals surface area contributed by atoms with Gasteiger partial charge in [-0.2, -0.15) is 0 Å². The van der Waals surface area contributed by atoms with Crippen LogP contribution in [0.3, 0.4) is 0 Å². The normalized spacial score (nSPS) is 16.1. The zero-order chi connectivity index (χ0) is 27.1. The standard InChI is InChI=1S/C30H27F2N3O3S/c1-2-38-29(36)22-9-3-5-10-24(22)33-30(37)35-17-23-21-8-4-6-12-26(21)39-28(23)34-13-7-11-25(34)27(35)18-14-19(31)16-20(32)15-18/h3,5,7,9-11,13-16,27H,2,4,6,8,12,17H2,1H3,(H,33,37)/t27-/m0/s1. The van der Waals surface area contributed by atoms with E-state index in [0.717, 1.165) is 48.0 Å². The minimum atomic E-state index is -0.779. The average molecular weight is 548 g/mol. The molecule has 1 N–H and O–H groups in total. The molecule has 1 atom stereocenters. The van der Waals surface area contributed by atoms with Crippen LogP contribution in [0.25, 0.3) is 5.00 Å². The minimum absolute atomic E-state index is 0.198. The van der Waals surface area contributed by atoms with E-state index in [-0.39, 0.29) is 18.7 Å². The van der Waals surface area contributed by atoms with Crippen molar-refractivity contribution in [3.8, 4) is 5.00 Å². The van der Waals surface area contributed by atoms with Gasteiger partial charge in [-0.15, -0.1) is 11.3 Å². The molecule has 1 aliphatic carbocycles. The van der Waals surface area contributed by atoms with Crippen LogP contribution in [0.15, 0.2) is 60.8 Å². The summed E-state index contributed by atoms with van der Waals surface area (Å²) in [4.78, 5) is 29.6. The molecule has 4 aromatic rings. The molecule has 0 radical (unpaired) electrons. The number of benzene rings is 2. The summed E-state index contributed by atoms with van der Waals surface area (Å²) in [7, 11) is 0. The molecule has 200 valence electrons. The maximum Gasteiger partial charge on any atom is 0.340 e. The summed E-state index contributed by atoms with van der Waals surface area (Å²) in [6, 6.07) is 12.5. The van der Waals surface area contributed by atoms with Gasteiger partial charge in [0.2, 0.25) is 0 Å². The zero-order valence-corrected chi connectivity index (χ0v) is 22.2. The van der Waals surface area contributed by atoms with E-state index in [9.17, 15) is 18.4 Å². The number of aryl methyl sites for hydroxylation is 1. The van der Waals surface area contributed by atoms with E-state index in [1.165, 1.54) is 22.6 Å². The predicted octanol–water partition coefficient (Wildman–Crippen LogP) is 7.01. The van der Waals surface area contributed by atoms with Crippen LogP contribution in [0.4, 0.5) is 19.3 Å². The third kappa shape index (κ3) is 4.61. The molecule has 0 saturated heterocycles. The Morgan fingerprint density at radius 1 is 1.03 bits per heavy atom. The van der Waals surface area contributed by atoms with Gasteiger partial charge in [-0.3, -0.25) is 0 Å². The van der Waals surface area contributed by atoms with E-state index in [2.05, 4.69) is 5.32 Å². The summed E-state index contributed by atoms with van der Waals surface area (Å²) >= 11 is 1.73. The summed E-state index contributed by atoms with van der Waals surface area (Å²) in [6.07, 6.45) is 6.08. The Labute approximate surface area is 228 Å². The molecule has 1 aliphatic heterocycles. The number of carbonyl (C=O) groups excluding carboxylic acids is 2. The fourth-order valence-electron chi connectivity index (χ4n) is 5.64. The van der Waals surface area contributed by atoms with Gasteiger partial charge in [0, 0.05) is 22.7 Å². The van der Waals surface area contributed by atoms with Gasteiger partial charge in [-0.05, 0) is 80.1 Å². The van der Waals surface area contributed by atoms with Crippen LogP contribution in [0, 0.1) is 11.6 Å². The lowest BCUT2D eigenvalue weighted by atomic mass is 9.95. The second-order valence-electron chi connectivity index (χ2n) is 9.73. The van der Waals surface area contributed by atoms with Crippen LogP contribution >= 0.6 is 11.3 Å². The van der Waals surface area contributed by atoms with Crippen LogP contribution in [-0.4, -0.2) is 28.1 Å². The largest absolute Gasteiger partial charge is 0.462 e. The van der Waals surface area contributed by atoms with E-state index in [1.807, 2.05) is 22.9 Å². The van der Waals surface area contributed by atoms with Gasteiger partial charge >= 0.3 is 12.0 Å². The van der Waals surface area contributed by atoms with Crippen molar-refractivity contribution in [2.24, 2.45) is 0 Å². The number of para-hydroxylation sites is 1. The third-order valence-electron chi connectivity index (χ3n) is 7.30. The molecule has 0 bridgehead atoms. The first-order valence-electron chi connectivity index (χ1n) is 13.1. The van der Waals surface area contributed by atoms with E-state index < -0.39 is 29.7 Å². The number of esters is 1. The van der Waals surface area contributed by atoms with Gasteiger partial charge in [-0.1, -0.05) is 12.1 Å². The highest BCUT2D eigenvalue weighted by Crippen LogP contribution is 2.44. The van der Waals surface area contributed by atoms with Crippen molar-refractivity contribution in [1.29, 1.82) is 0 Å². The molecule has 0 fully saturated rings. The van der Waals surface area contributed by atoms with Crippen molar-refractivity contribution in [1.82, 2.24) is 9.47 Å². The number of anilines is 1. The molecule has 6 nitrogen and oxygen atoms in total. The third-order valence-corrected chi connectivity index (χ3v) is 8.64. The number of hydrogen-bond donors (Lipinski definition) is 1. The van der Waals surface area contributed by atoms with Gasteiger partial charge in [-0.25, -0.2) is 18.4 Å². The van der Waals surface area contributed by atoms with Crippen LogP contribution < -0.4 is 5.32 Å². The molecule has 2 aromatic heterocycles. The molecule has 9 heteroatoms. The molecule has 0 saturated carbocycles. The number of amides is 2. The second-order valence-corrected chi connectivity index (χ2v) is 10.8. The quantitative estimate of drug-likeness (QED) is 0.280. The van der Waals surface area contributed by atoms with Crippen molar-refractivity contribution in [2.75, 3.05) is 11.9 Å². The van der Waals surface area contributed by atoms with Gasteiger partial charge in [0.1, 0.15) is 22.7 Å². The second kappa shape index (κ2) is 10.3. The first kappa shape index (κ1) is 25.3. The van der Waals surface area contributed by atoms with Gasteiger partial charge in [0.25, 0.3) is 0 Å². The highest BCUT2D eigenvalue weighted by atomic mass is 32.1. The highest BCUT2D eigenvalue weighted by Gasteiger charge is 2.36. The zero-order valence-electron chi connectivity index (χ0n) is 21.4. The fraction of sp³-hybridized carbons (Fsp3) is 0.267. The number of carbonyl (C=O) groups is 2. The average Bonchev–Trinajstić information content (AvgIpc) is 3.50. The Balaban J connectivity index is 1.49. The SMILES string of the molecule is CCOC(=O)c1ccccc1NC(=O)N1Cc2c(sc3c2CCCC3)-n2cccc2[C@@H]1c1cc(F)cc(F)c1. The number of nitrogens with zero attached hydrogens (tertiary/aromatic N) is 2. The van der Waals surface area contributed by atoms with Gasteiger partial charge in [0.05, 0.1) is 30.1 Å². The lowest BCUT2D eigenvalue weighted by Crippen LogP contribution is -2.38. The molecule has 3 heterocycles. The van der Waals surface area contributed by atoms with Crippen LogP contribution in [0.2, 0.25) is 0 Å². The fourth-order valence-corrected chi connectivity index (χ4v) is 7.04. The lowest BCUT2D eigenvalue weighted by molar-refractivity contribution is 0.0527. The number of ether oxygens (including phenoxy) is 1. The first-order chi connectivity index (χ1) is 18.9. The maximum atomic E-state index is 14.5. The molecule has 2 aliphatic rings. The first-order valence-corrected chi connectivity index (χ1v) is 13.9. The Hall–Kier alpha value is -3.98. The maximum absolute atomic E-state index is 14.5. The van der Waals surface area contributed by atoms with E-state index >= 15 is 0 Å². The monoisotopic (exact) mass is 547 g/mol. The van der Waals surface area contributed by atoms with Gasteiger partial charge in [0.15, 0.2) is 0 Å². The molecule has 0 unspecified atom stereocenters. The number of urea groups is 1. The van der Waals surface area contributed by atoms with Crippen molar-refractivity contribution in [2.45, 2.75) is 45.2 Å². The van der Waals surface area contributed by atoms with Crippen LogP contribution in [-0.2, 0) is 24.1 Å². The summed E-state index contributed by atoms with van der Waals surface area (Å²) in [5.41, 5.74) is 3.90. The number of aromatic nitrogens is 1. The summed E-state index contributed by atoms with van der Waals surface area (Å²) < 4.78 is 36.2. The van der Waals surface area contributed by atoms with Crippen LogP contribution in [0.1, 0.15) is 63.4 Å². The Morgan fingerprint density at radius 3 is 2.59 bits per heavy atom. The summed E-state index contributed by atoms with van der Waals surface area (Å²) in [5.74, 6) is -1.98. The van der Waals surface area contributed by atoms with Crippen molar-refractivity contribution >= 4 is 29.0 Å². The molecule has 6 rings (SSSR count). The minimum Gasteiger partial charge on any atom is -0.462 e. The topological polar surface area (TPSA) is 63.6 Å². The highest BCUT2D eigenvalue weighted by molar-refractivity contribution is 7.15. The number of nitrogens with one attached hydrogen (secondary N) is 1. The molecule has 2 amide bonds. The van der Waals surface area contributed by atoms with Crippen LogP contribution in [0.5, 0.6) is 0 Å². The summed E-state index contributed by atoms with van der Waals surface area (Å²) in [6.45, 7) is 2.16. The molecular weight excluding hydrogens is 520 g/mol. The smallest absolute Gasteiger partial charge is 0.340 e. The van der Waals surface area contributed by atoms with E-state index in [4.69, 9.17) is 4.74 Å². The number of hydrogen-bond acceptors (Lipinski definition) is 4. The number of fused-ring (bicyclic) bond motifs is 5. The van der Waals surface area contributed by atoms with Crippen molar-refractivity contribution < 1.29 is 23.1 Å². The Morgan fingerprint density at radius 2 is 1.79 bits per heavy atom. The number of thiophene rings is 1. The molecular formula is C30H27F2N3O3S. The number of rotatable bonds is 4. The molecule has 0 spiro atoms. The van der Waals surface area contributed by atoms with E-state index in [1.54, 1.807) is 47.4 Å². The number of halogens is 2. The lowest BCUT2D eigenvalue weighted by Gasteiger charge is -2.31. The van der Waals surface area contributed by atoms with Crippen molar-refractivity contribution in [3.05, 3.63) is 105 Å².